The molecule has 1 aliphatic heterocycles. The number of carboxylic acid groups (broad SMARTS) is 1. The molecule has 1 saturated heterocycles. The van der Waals surface area contributed by atoms with Crippen molar-refractivity contribution in [1.29, 1.82) is 0 Å². The van der Waals surface area contributed by atoms with Crippen LogP contribution in [0.15, 0.2) is 29.2 Å². The number of hydrogen-bond acceptors (Lipinski definition) is 5. The van der Waals surface area contributed by atoms with Crippen molar-refractivity contribution in [2.45, 2.75) is 37.6 Å². The molecule has 1 fully saturated rings. The zero-order valence-electron chi connectivity index (χ0n) is 14.6. The number of nitrogens with zero attached hydrogens (tertiary/aromatic N) is 1. The standard InChI is InChI=1S/C17H23FN2O5S/c1-11(2)15(17(22)23)19-16(21)12-4-3-9-20(10-12)26(24,25)14-7-5-13(18)6-8-14/h5-8,11-12,15H,3-4,9-10H2,1-2H3,(H,19,21)(H,22,23)/p-1/t12-,15+/m1/s1. The van der Waals surface area contributed by atoms with E-state index < -0.39 is 39.7 Å². The minimum atomic E-state index is -3.85. The number of amides is 1. The SMILES string of the molecule is CC(C)[C@H](NC(=O)[C@@H]1CCCN(S(=O)(=O)c2ccc(F)cc2)C1)C(=O)[O-]. The molecule has 0 aliphatic carbocycles. The predicted molar refractivity (Wildman–Crippen MR) is 89.7 cm³/mol. The number of halogens is 1. The first-order chi connectivity index (χ1) is 12.1. The van der Waals surface area contributed by atoms with Crippen LogP contribution in [0.4, 0.5) is 4.39 Å². The smallest absolute Gasteiger partial charge is 0.243 e. The fourth-order valence-electron chi connectivity index (χ4n) is 2.90. The highest BCUT2D eigenvalue weighted by Crippen LogP contribution is 2.24. The summed E-state index contributed by atoms with van der Waals surface area (Å²) in [7, 11) is -3.85. The van der Waals surface area contributed by atoms with Gasteiger partial charge in [0.1, 0.15) is 5.82 Å². The minimum absolute atomic E-state index is 0.0465. The van der Waals surface area contributed by atoms with Gasteiger partial charge in [-0.2, -0.15) is 4.31 Å². The fraction of sp³-hybridized carbons (Fsp3) is 0.529. The van der Waals surface area contributed by atoms with Crippen LogP contribution in [0.25, 0.3) is 0 Å². The van der Waals surface area contributed by atoms with Gasteiger partial charge in [-0.1, -0.05) is 13.8 Å². The largest absolute Gasteiger partial charge is 0.548 e. The van der Waals surface area contributed by atoms with Crippen LogP contribution in [0, 0.1) is 17.7 Å². The Labute approximate surface area is 152 Å². The number of piperidine rings is 1. The molecule has 144 valence electrons. The van der Waals surface area contributed by atoms with Gasteiger partial charge in [0.25, 0.3) is 0 Å². The van der Waals surface area contributed by atoms with Crippen LogP contribution in [0.3, 0.4) is 0 Å². The minimum Gasteiger partial charge on any atom is -0.548 e. The van der Waals surface area contributed by atoms with Crippen LogP contribution >= 0.6 is 0 Å². The van der Waals surface area contributed by atoms with E-state index in [2.05, 4.69) is 5.32 Å². The predicted octanol–water partition coefficient (Wildman–Crippen LogP) is 0.117. The molecule has 2 atom stereocenters. The Morgan fingerprint density at radius 2 is 1.88 bits per heavy atom. The van der Waals surface area contributed by atoms with Crippen molar-refractivity contribution in [3.8, 4) is 0 Å². The van der Waals surface area contributed by atoms with Crippen molar-refractivity contribution in [1.82, 2.24) is 9.62 Å². The van der Waals surface area contributed by atoms with Gasteiger partial charge in [-0.25, -0.2) is 12.8 Å². The number of carbonyl (C=O) groups is 2. The molecule has 9 heteroatoms. The molecular weight excluding hydrogens is 363 g/mol. The number of carboxylic acids is 1. The van der Waals surface area contributed by atoms with E-state index in [1.807, 2.05) is 0 Å². The lowest BCUT2D eigenvalue weighted by molar-refractivity contribution is -0.309. The molecule has 0 unspecified atom stereocenters. The molecule has 0 radical (unpaired) electrons. The lowest BCUT2D eigenvalue weighted by atomic mass is 9.97. The van der Waals surface area contributed by atoms with Gasteiger partial charge in [0.15, 0.2) is 0 Å². The maximum absolute atomic E-state index is 13.0. The molecule has 1 aromatic carbocycles. The first kappa shape index (κ1) is 20.3. The lowest BCUT2D eigenvalue weighted by Crippen LogP contribution is -2.54. The average Bonchev–Trinajstić information content (AvgIpc) is 2.59. The van der Waals surface area contributed by atoms with Crippen LogP contribution in [-0.4, -0.2) is 43.7 Å². The van der Waals surface area contributed by atoms with E-state index >= 15 is 0 Å². The number of carbonyl (C=O) groups excluding carboxylic acids is 2. The van der Waals surface area contributed by atoms with E-state index in [0.717, 1.165) is 12.1 Å². The molecule has 0 bridgehead atoms. The number of rotatable bonds is 6. The van der Waals surface area contributed by atoms with Gasteiger partial charge in [0, 0.05) is 13.1 Å². The summed E-state index contributed by atoms with van der Waals surface area (Å²) in [6.07, 6.45) is 0.926. The van der Waals surface area contributed by atoms with Crippen LogP contribution in [-0.2, 0) is 19.6 Å². The third-order valence-corrected chi connectivity index (χ3v) is 6.30. The normalized spacial score (nSPS) is 19.9. The van der Waals surface area contributed by atoms with Gasteiger partial charge in [-0.05, 0) is 43.0 Å². The van der Waals surface area contributed by atoms with Crippen LogP contribution in [0.2, 0.25) is 0 Å². The Morgan fingerprint density at radius 3 is 2.42 bits per heavy atom. The zero-order valence-corrected chi connectivity index (χ0v) is 15.5. The van der Waals surface area contributed by atoms with E-state index in [-0.39, 0.29) is 23.9 Å². The second-order valence-electron chi connectivity index (χ2n) is 6.71. The highest BCUT2D eigenvalue weighted by atomic mass is 32.2. The molecule has 1 amide bonds. The van der Waals surface area contributed by atoms with E-state index in [9.17, 15) is 27.5 Å². The summed E-state index contributed by atoms with van der Waals surface area (Å²) in [5.41, 5.74) is 0. The van der Waals surface area contributed by atoms with E-state index in [0.29, 0.717) is 12.8 Å². The van der Waals surface area contributed by atoms with Gasteiger partial charge in [-0.3, -0.25) is 4.79 Å². The summed E-state index contributed by atoms with van der Waals surface area (Å²) in [5, 5.41) is 13.6. The molecule has 7 nitrogen and oxygen atoms in total. The Hall–Kier alpha value is -2.00. The summed E-state index contributed by atoms with van der Waals surface area (Å²) >= 11 is 0. The zero-order chi connectivity index (χ0) is 19.5. The quantitative estimate of drug-likeness (QED) is 0.748. The van der Waals surface area contributed by atoms with Crippen molar-refractivity contribution in [2.24, 2.45) is 11.8 Å². The second kappa shape index (κ2) is 8.13. The van der Waals surface area contributed by atoms with Crippen molar-refractivity contribution in [3.63, 3.8) is 0 Å². The second-order valence-corrected chi connectivity index (χ2v) is 8.64. The number of benzene rings is 1. The van der Waals surface area contributed by atoms with E-state index in [1.54, 1.807) is 13.8 Å². The van der Waals surface area contributed by atoms with Crippen molar-refractivity contribution < 1.29 is 27.5 Å². The molecule has 2 rings (SSSR count). The highest BCUT2D eigenvalue weighted by molar-refractivity contribution is 7.89. The lowest BCUT2D eigenvalue weighted by Gasteiger charge is -2.33. The fourth-order valence-corrected chi connectivity index (χ4v) is 4.42. The molecule has 0 saturated carbocycles. The summed E-state index contributed by atoms with van der Waals surface area (Å²) in [6, 6.07) is 3.35. The summed E-state index contributed by atoms with van der Waals surface area (Å²) < 4.78 is 39.5. The molecule has 1 aliphatic rings. The van der Waals surface area contributed by atoms with Crippen molar-refractivity contribution in [2.75, 3.05) is 13.1 Å². The number of nitrogens with one attached hydrogen (secondary N) is 1. The number of aliphatic carboxylic acids is 1. The van der Waals surface area contributed by atoms with Gasteiger partial charge in [-0.15, -0.1) is 0 Å². The molecule has 1 N–H and O–H groups in total. The Balaban J connectivity index is 2.12. The van der Waals surface area contributed by atoms with Gasteiger partial charge >= 0.3 is 0 Å². The van der Waals surface area contributed by atoms with E-state index in [4.69, 9.17) is 0 Å². The van der Waals surface area contributed by atoms with Gasteiger partial charge in [0.05, 0.1) is 22.8 Å². The highest BCUT2D eigenvalue weighted by Gasteiger charge is 2.34. The average molecular weight is 385 g/mol. The van der Waals surface area contributed by atoms with Crippen LogP contribution in [0.1, 0.15) is 26.7 Å². The summed E-state index contributed by atoms with van der Waals surface area (Å²) in [5.74, 6) is -3.43. The summed E-state index contributed by atoms with van der Waals surface area (Å²) in [4.78, 5) is 23.5. The maximum atomic E-state index is 13.0. The molecule has 1 heterocycles. The Bertz CT molecular complexity index is 764. The Kier molecular flexibility index (Phi) is 6.35. The van der Waals surface area contributed by atoms with Crippen LogP contribution in [0.5, 0.6) is 0 Å². The van der Waals surface area contributed by atoms with Gasteiger partial charge < -0.3 is 15.2 Å². The number of sulfonamides is 1. The van der Waals surface area contributed by atoms with Crippen molar-refractivity contribution in [3.05, 3.63) is 30.1 Å². The third-order valence-electron chi connectivity index (χ3n) is 4.42. The molecule has 26 heavy (non-hydrogen) atoms. The first-order valence-corrected chi connectivity index (χ1v) is 9.84. The van der Waals surface area contributed by atoms with Gasteiger partial charge in [0.2, 0.25) is 15.9 Å². The molecular formula is C17H22FN2O5S-. The topological polar surface area (TPSA) is 107 Å². The van der Waals surface area contributed by atoms with Crippen LogP contribution < -0.4 is 10.4 Å². The van der Waals surface area contributed by atoms with E-state index in [1.165, 1.54) is 16.4 Å². The Morgan fingerprint density at radius 1 is 1.27 bits per heavy atom. The number of hydrogen-bond donors (Lipinski definition) is 1. The maximum Gasteiger partial charge on any atom is 0.243 e. The van der Waals surface area contributed by atoms with Crippen molar-refractivity contribution >= 4 is 21.9 Å². The molecule has 1 aromatic rings. The summed E-state index contributed by atoms with van der Waals surface area (Å²) in [6.45, 7) is 3.49. The first-order valence-electron chi connectivity index (χ1n) is 8.40. The molecule has 0 aromatic heterocycles. The molecule has 0 spiro atoms. The third kappa shape index (κ3) is 4.59. The monoisotopic (exact) mass is 385 g/mol.